The molecular weight excluding hydrogens is 488 g/mol. The van der Waals surface area contributed by atoms with Gasteiger partial charge in [0.15, 0.2) is 0 Å². The number of hydrogen-bond donors (Lipinski definition) is 1. The number of allylic oxidation sites excluding steroid dienone is 6. The van der Waals surface area contributed by atoms with Gasteiger partial charge in [-0.25, -0.2) is 0 Å². The van der Waals surface area contributed by atoms with Crippen LogP contribution in [-0.4, -0.2) is 11.1 Å². The van der Waals surface area contributed by atoms with Crippen molar-refractivity contribution in [2.45, 2.75) is 200 Å². The van der Waals surface area contributed by atoms with Crippen molar-refractivity contribution in [2.24, 2.45) is 0 Å². The van der Waals surface area contributed by atoms with E-state index in [0.717, 1.165) is 25.7 Å². The zero-order valence-electron chi connectivity index (χ0n) is 27.0. The molecular formula is C38H70O2. The Kier molecular flexibility index (Phi) is 34.5. The Hall–Kier alpha value is -1.31. The van der Waals surface area contributed by atoms with E-state index in [9.17, 15) is 4.79 Å². The number of carboxylic acid groups (broad SMARTS) is 1. The molecule has 0 atom stereocenters. The summed E-state index contributed by atoms with van der Waals surface area (Å²) in [5.74, 6) is -0.651. The lowest BCUT2D eigenvalue weighted by atomic mass is 10.0. The van der Waals surface area contributed by atoms with Gasteiger partial charge in [-0.3, -0.25) is 4.79 Å². The first-order valence-electron chi connectivity index (χ1n) is 17.9. The summed E-state index contributed by atoms with van der Waals surface area (Å²) >= 11 is 0. The van der Waals surface area contributed by atoms with E-state index in [4.69, 9.17) is 5.11 Å². The van der Waals surface area contributed by atoms with E-state index in [1.165, 1.54) is 161 Å². The third-order valence-corrected chi connectivity index (χ3v) is 8.03. The first kappa shape index (κ1) is 38.7. The lowest BCUT2D eigenvalue weighted by molar-refractivity contribution is -0.137. The molecule has 0 heterocycles. The van der Waals surface area contributed by atoms with E-state index >= 15 is 0 Å². The van der Waals surface area contributed by atoms with E-state index < -0.39 is 5.97 Å². The van der Waals surface area contributed by atoms with E-state index in [1.54, 1.807) is 0 Å². The maximum Gasteiger partial charge on any atom is 0.303 e. The van der Waals surface area contributed by atoms with Crippen LogP contribution in [0.4, 0.5) is 0 Å². The quantitative estimate of drug-likeness (QED) is 0.0642. The lowest BCUT2D eigenvalue weighted by Crippen LogP contribution is -1.93. The second-order valence-corrected chi connectivity index (χ2v) is 12.1. The Balaban J connectivity index is 3.17. The molecule has 0 spiro atoms. The van der Waals surface area contributed by atoms with Crippen LogP contribution in [0, 0.1) is 0 Å². The summed E-state index contributed by atoms with van der Waals surface area (Å²) in [7, 11) is 0. The van der Waals surface area contributed by atoms with Crippen LogP contribution in [0.5, 0.6) is 0 Å². The van der Waals surface area contributed by atoms with Gasteiger partial charge in [0, 0.05) is 6.42 Å². The predicted octanol–water partition coefficient (Wildman–Crippen LogP) is 13.5. The molecule has 0 saturated heterocycles. The molecule has 0 bridgehead atoms. The van der Waals surface area contributed by atoms with Crippen molar-refractivity contribution in [2.75, 3.05) is 0 Å². The molecule has 0 aromatic rings. The van der Waals surface area contributed by atoms with Crippen LogP contribution in [0.15, 0.2) is 36.5 Å². The number of hydrogen-bond acceptors (Lipinski definition) is 1. The number of carbonyl (C=O) groups is 1. The van der Waals surface area contributed by atoms with Crippen LogP contribution >= 0.6 is 0 Å². The molecule has 0 unspecified atom stereocenters. The van der Waals surface area contributed by atoms with E-state index in [2.05, 4.69) is 43.4 Å². The highest BCUT2D eigenvalue weighted by atomic mass is 16.4. The summed E-state index contributed by atoms with van der Waals surface area (Å²) in [6, 6.07) is 0. The van der Waals surface area contributed by atoms with Crippen LogP contribution in [0.2, 0.25) is 0 Å². The standard InChI is InChI=1S/C38H70O2/c1-2-3-4-5-6-7-8-9-10-11-12-13-14-15-16-17-18-19-20-21-22-23-24-25-26-27-28-29-30-31-32-33-34-35-36-37-38(39)40/h8-9,11-12,14-15H,2-7,10,13,16-37H2,1H3,(H,39,40)/b9-8-,12-11-,15-14-. The van der Waals surface area contributed by atoms with Crippen molar-refractivity contribution in [1.82, 2.24) is 0 Å². The molecule has 0 aromatic heterocycles. The zero-order chi connectivity index (χ0) is 29.0. The van der Waals surface area contributed by atoms with Gasteiger partial charge in [0.1, 0.15) is 0 Å². The normalized spacial score (nSPS) is 12.0. The second-order valence-electron chi connectivity index (χ2n) is 12.1. The Bertz CT molecular complexity index is 574. The minimum atomic E-state index is -0.651. The van der Waals surface area contributed by atoms with E-state index in [0.29, 0.717) is 6.42 Å². The average Bonchev–Trinajstić information content (AvgIpc) is 2.95. The van der Waals surface area contributed by atoms with Gasteiger partial charge < -0.3 is 5.11 Å². The van der Waals surface area contributed by atoms with E-state index in [1.807, 2.05) is 0 Å². The predicted molar refractivity (Wildman–Crippen MR) is 179 cm³/mol. The number of rotatable bonds is 33. The highest BCUT2D eigenvalue weighted by Crippen LogP contribution is 2.15. The second kappa shape index (κ2) is 35.7. The molecule has 0 saturated carbocycles. The summed E-state index contributed by atoms with van der Waals surface area (Å²) < 4.78 is 0. The summed E-state index contributed by atoms with van der Waals surface area (Å²) in [4.78, 5) is 10.5. The molecule has 0 aliphatic heterocycles. The van der Waals surface area contributed by atoms with Gasteiger partial charge in [-0.05, 0) is 44.9 Å². The molecule has 0 aliphatic rings. The van der Waals surface area contributed by atoms with Crippen molar-refractivity contribution in [1.29, 1.82) is 0 Å². The minimum Gasteiger partial charge on any atom is -0.481 e. The van der Waals surface area contributed by atoms with Gasteiger partial charge in [-0.2, -0.15) is 0 Å². The molecule has 1 N–H and O–H groups in total. The Morgan fingerprint density at radius 1 is 0.400 bits per heavy atom. The Morgan fingerprint density at radius 3 is 1.00 bits per heavy atom. The topological polar surface area (TPSA) is 37.3 Å². The molecule has 0 rings (SSSR count). The fourth-order valence-corrected chi connectivity index (χ4v) is 5.36. The molecule has 0 aliphatic carbocycles. The number of aliphatic carboxylic acids is 1. The van der Waals surface area contributed by atoms with Gasteiger partial charge in [0.25, 0.3) is 0 Å². The fourth-order valence-electron chi connectivity index (χ4n) is 5.36. The highest BCUT2D eigenvalue weighted by molar-refractivity contribution is 5.66. The average molecular weight is 559 g/mol. The summed E-state index contributed by atoms with van der Waals surface area (Å²) in [5, 5.41) is 8.63. The maximum atomic E-state index is 10.5. The zero-order valence-corrected chi connectivity index (χ0v) is 27.0. The monoisotopic (exact) mass is 559 g/mol. The van der Waals surface area contributed by atoms with Gasteiger partial charge in [0.05, 0.1) is 0 Å². The van der Waals surface area contributed by atoms with Gasteiger partial charge >= 0.3 is 5.97 Å². The van der Waals surface area contributed by atoms with E-state index in [-0.39, 0.29) is 0 Å². The van der Waals surface area contributed by atoms with Crippen molar-refractivity contribution in [3.63, 3.8) is 0 Å². The van der Waals surface area contributed by atoms with Crippen molar-refractivity contribution < 1.29 is 9.90 Å². The summed E-state index contributed by atoms with van der Waals surface area (Å²) in [6.45, 7) is 2.28. The maximum absolute atomic E-state index is 10.5. The minimum absolute atomic E-state index is 0.342. The molecule has 0 radical (unpaired) electrons. The first-order valence-corrected chi connectivity index (χ1v) is 17.9. The van der Waals surface area contributed by atoms with Crippen molar-refractivity contribution in [3.8, 4) is 0 Å². The van der Waals surface area contributed by atoms with Gasteiger partial charge in [-0.15, -0.1) is 0 Å². The van der Waals surface area contributed by atoms with Crippen LogP contribution in [0.1, 0.15) is 200 Å². The SMILES string of the molecule is CCCCCCC/C=C\C/C=C\C/C=C\CCCCCCCCCCCCCCCCCCCCCCC(=O)O. The Morgan fingerprint density at radius 2 is 0.675 bits per heavy atom. The fraction of sp³-hybridized carbons (Fsp3) is 0.816. The molecule has 0 amide bonds. The molecule has 2 heteroatoms. The molecule has 0 aromatic carbocycles. The number of carboxylic acids is 1. The molecule has 2 nitrogen and oxygen atoms in total. The summed E-state index contributed by atoms with van der Waals surface area (Å²) in [5.41, 5.74) is 0. The largest absolute Gasteiger partial charge is 0.481 e. The third kappa shape index (κ3) is 36.7. The summed E-state index contributed by atoms with van der Waals surface area (Å²) in [6.07, 6.45) is 52.9. The van der Waals surface area contributed by atoms with Crippen LogP contribution in [-0.2, 0) is 4.79 Å². The van der Waals surface area contributed by atoms with Gasteiger partial charge in [-0.1, -0.05) is 185 Å². The lowest BCUT2D eigenvalue weighted by Gasteiger charge is -2.04. The highest BCUT2D eigenvalue weighted by Gasteiger charge is 1.97. The smallest absolute Gasteiger partial charge is 0.303 e. The van der Waals surface area contributed by atoms with Crippen molar-refractivity contribution in [3.05, 3.63) is 36.5 Å². The van der Waals surface area contributed by atoms with Crippen LogP contribution in [0.3, 0.4) is 0 Å². The third-order valence-electron chi connectivity index (χ3n) is 8.03. The Labute approximate surface area is 251 Å². The van der Waals surface area contributed by atoms with Crippen molar-refractivity contribution >= 4 is 5.97 Å². The molecule has 234 valence electrons. The first-order chi connectivity index (χ1) is 19.8. The molecule has 0 fully saturated rings. The van der Waals surface area contributed by atoms with Crippen LogP contribution in [0.25, 0.3) is 0 Å². The number of unbranched alkanes of at least 4 members (excludes halogenated alkanes) is 25. The molecule has 40 heavy (non-hydrogen) atoms. The van der Waals surface area contributed by atoms with Gasteiger partial charge in [0.2, 0.25) is 0 Å². The van der Waals surface area contributed by atoms with Crippen LogP contribution < -0.4 is 0 Å².